The van der Waals surface area contributed by atoms with E-state index in [0.717, 1.165) is 23.1 Å². The molecule has 2 aromatic rings. The second kappa shape index (κ2) is 6.10. The standard InChI is InChI=1S/C18H19NO3/c1-21-16-8-7-12(10-17(16)22-2)14-9-13-5-3-4-6-15(13)18(20)19-11-14/h3-8,10,14H,9,11H2,1-2H3,(H,19,20)/t14-/m1/s1. The van der Waals surface area contributed by atoms with Crippen LogP contribution < -0.4 is 14.8 Å². The molecule has 0 unspecified atom stereocenters. The minimum absolute atomic E-state index is 0.00132. The molecule has 0 fully saturated rings. The van der Waals surface area contributed by atoms with Crippen LogP contribution in [0, 0.1) is 0 Å². The van der Waals surface area contributed by atoms with Gasteiger partial charge in [-0.1, -0.05) is 24.3 Å². The molecule has 0 saturated carbocycles. The van der Waals surface area contributed by atoms with E-state index in [9.17, 15) is 4.79 Å². The van der Waals surface area contributed by atoms with Gasteiger partial charge in [0.25, 0.3) is 5.91 Å². The molecule has 4 nitrogen and oxygen atoms in total. The Kier molecular flexibility index (Phi) is 4.00. The molecule has 22 heavy (non-hydrogen) atoms. The Labute approximate surface area is 130 Å². The molecule has 0 aromatic heterocycles. The Morgan fingerprint density at radius 3 is 2.59 bits per heavy atom. The van der Waals surface area contributed by atoms with Gasteiger partial charge < -0.3 is 14.8 Å². The summed E-state index contributed by atoms with van der Waals surface area (Å²) in [4.78, 5) is 12.2. The van der Waals surface area contributed by atoms with Gasteiger partial charge >= 0.3 is 0 Å². The van der Waals surface area contributed by atoms with E-state index < -0.39 is 0 Å². The molecule has 1 atom stereocenters. The predicted molar refractivity (Wildman–Crippen MR) is 84.8 cm³/mol. The Morgan fingerprint density at radius 1 is 1.05 bits per heavy atom. The number of rotatable bonds is 3. The van der Waals surface area contributed by atoms with Crippen LogP contribution in [-0.4, -0.2) is 26.7 Å². The molecular formula is C18H19NO3. The van der Waals surface area contributed by atoms with Gasteiger partial charge in [0.2, 0.25) is 0 Å². The van der Waals surface area contributed by atoms with Crippen LogP contribution in [0.5, 0.6) is 11.5 Å². The first-order valence-electron chi connectivity index (χ1n) is 7.31. The number of amides is 1. The van der Waals surface area contributed by atoms with E-state index in [1.165, 1.54) is 0 Å². The third-order valence-electron chi connectivity index (χ3n) is 4.12. The average molecular weight is 297 g/mol. The van der Waals surface area contributed by atoms with Crippen molar-refractivity contribution in [1.29, 1.82) is 0 Å². The van der Waals surface area contributed by atoms with Gasteiger partial charge in [0.05, 0.1) is 14.2 Å². The number of carbonyl (C=O) groups is 1. The topological polar surface area (TPSA) is 47.6 Å². The molecule has 1 aliphatic rings. The lowest BCUT2D eigenvalue weighted by atomic mass is 9.91. The first-order chi connectivity index (χ1) is 10.7. The summed E-state index contributed by atoms with van der Waals surface area (Å²) in [5, 5.41) is 3.00. The maximum absolute atomic E-state index is 12.2. The lowest BCUT2D eigenvalue weighted by Gasteiger charge is -2.17. The van der Waals surface area contributed by atoms with Crippen LogP contribution in [0.2, 0.25) is 0 Å². The molecule has 0 saturated heterocycles. The first kappa shape index (κ1) is 14.4. The fourth-order valence-electron chi connectivity index (χ4n) is 2.91. The summed E-state index contributed by atoms with van der Waals surface area (Å²) in [5.74, 6) is 1.64. The second-order valence-corrected chi connectivity index (χ2v) is 5.38. The third kappa shape index (κ3) is 2.64. The van der Waals surface area contributed by atoms with E-state index in [1.54, 1.807) is 14.2 Å². The molecule has 2 aromatic carbocycles. The summed E-state index contributed by atoms with van der Waals surface area (Å²) in [6.45, 7) is 0.614. The number of carbonyl (C=O) groups excluding carboxylic acids is 1. The quantitative estimate of drug-likeness (QED) is 0.947. The highest BCUT2D eigenvalue weighted by Crippen LogP contribution is 2.32. The Bertz CT molecular complexity index is 696. The van der Waals surface area contributed by atoms with E-state index in [-0.39, 0.29) is 11.8 Å². The van der Waals surface area contributed by atoms with Crippen LogP contribution in [0.1, 0.15) is 27.4 Å². The SMILES string of the molecule is COc1ccc([C@H]2CNC(=O)c3ccccc3C2)cc1OC. The van der Waals surface area contributed by atoms with Crippen molar-refractivity contribution in [2.45, 2.75) is 12.3 Å². The highest BCUT2D eigenvalue weighted by atomic mass is 16.5. The number of nitrogens with one attached hydrogen (secondary N) is 1. The van der Waals surface area contributed by atoms with Crippen LogP contribution in [0.3, 0.4) is 0 Å². The maximum atomic E-state index is 12.2. The van der Waals surface area contributed by atoms with Crippen molar-refractivity contribution in [3.63, 3.8) is 0 Å². The smallest absolute Gasteiger partial charge is 0.251 e. The Hall–Kier alpha value is -2.49. The Balaban J connectivity index is 1.95. The second-order valence-electron chi connectivity index (χ2n) is 5.38. The van der Waals surface area contributed by atoms with Crippen molar-refractivity contribution in [1.82, 2.24) is 5.32 Å². The van der Waals surface area contributed by atoms with E-state index in [1.807, 2.05) is 42.5 Å². The highest BCUT2D eigenvalue weighted by molar-refractivity contribution is 5.96. The molecule has 1 N–H and O–H groups in total. The fraction of sp³-hybridized carbons (Fsp3) is 0.278. The molecule has 3 rings (SSSR count). The van der Waals surface area contributed by atoms with Gasteiger partial charge in [0.1, 0.15) is 0 Å². The minimum Gasteiger partial charge on any atom is -0.493 e. The van der Waals surface area contributed by atoms with E-state index >= 15 is 0 Å². The summed E-state index contributed by atoms with van der Waals surface area (Å²) in [6.07, 6.45) is 0.824. The van der Waals surface area contributed by atoms with E-state index in [2.05, 4.69) is 5.32 Å². The van der Waals surface area contributed by atoms with Crippen molar-refractivity contribution >= 4 is 5.91 Å². The normalized spacial score (nSPS) is 17.2. The van der Waals surface area contributed by atoms with Crippen LogP contribution in [0.4, 0.5) is 0 Å². The zero-order valence-electron chi connectivity index (χ0n) is 12.8. The number of hydrogen-bond donors (Lipinski definition) is 1. The molecule has 114 valence electrons. The van der Waals surface area contributed by atoms with Gasteiger partial charge in [-0.2, -0.15) is 0 Å². The molecule has 1 amide bonds. The third-order valence-corrected chi connectivity index (χ3v) is 4.12. The number of ether oxygens (including phenoxy) is 2. The first-order valence-corrected chi connectivity index (χ1v) is 7.31. The predicted octanol–water partition coefficient (Wildman–Crippen LogP) is 2.77. The van der Waals surface area contributed by atoms with Gasteiger partial charge in [0, 0.05) is 18.0 Å². The number of benzene rings is 2. The van der Waals surface area contributed by atoms with Crippen molar-refractivity contribution in [3.8, 4) is 11.5 Å². The molecular weight excluding hydrogens is 278 g/mol. The summed E-state index contributed by atoms with van der Waals surface area (Å²) < 4.78 is 10.7. The maximum Gasteiger partial charge on any atom is 0.251 e. The van der Waals surface area contributed by atoms with Crippen molar-refractivity contribution in [3.05, 3.63) is 59.2 Å². The Morgan fingerprint density at radius 2 is 1.82 bits per heavy atom. The summed E-state index contributed by atoms with van der Waals surface area (Å²) in [5.41, 5.74) is 2.98. The molecule has 4 heteroatoms. The zero-order valence-corrected chi connectivity index (χ0v) is 12.8. The van der Waals surface area contributed by atoms with Crippen LogP contribution in [-0.2, 0) is 6.42 Å². The molecule has 1 heterocycles. The monoisotopic (exact) mass is 297 g/mol. The van der Waals surface area contributed by atoms with Gasteiger partial charge in [0.15, 0.2) is 11.5 Å². The summed E-state index contributed by atoms with van der Waals surface area (Å²) >= 11 is 0. The van der Waals surface area contributed by atoms with Crippen molar-refractivity contribution in [2.24, 2.45) is 0 Å². The fourth-order valence-corrected chi connectivity index (χ4v) is 2.91. The van der Waals surface area contributed by atoms with E-state index in [0.29, 0.717) is 18.0 Å². The van der Waals surface area contributed by atoms with E-state index in [4.69, 9.17) is 9.47 Å². The van der Waals surface area contributed by atoms with Crippen LogP contribution >= 0.6 is 0 Å². The highest BCUT2D eigenvalue weighted by Gasteiger charge is 2.23. The molecule has 0 spiro atoms. The molecule has 0 aliphatic carbocycles. The number of fused-ring (bicyclic) bond motifs is 1. The minimum atomic E-state index is -0.00132. The number of methoxy groups -OCH3 is 2. The zero-order chi connectivity index (χ0) is 15.5. The van der Waals surface area contributed by atoms with Crippen LogP contribution in [0.25, 0.3) is 0 Å². The summed E-state index contributed by atoms with van der Waals surface area (Å²) in [7, 11) is 3.26. The largest absolute Gasteiger partial charge is 0.493 e. The molecule has 0 bridgehead atoms. The van der Waals surface area contributed by atoms with Gasteiger partial charge in [-0.05, 0) is 35.7 Å². The number of hydrogen-bond acceptors (Lipinski definition) is 3. The molecule has 1 aliphatic heterocycles. The van der Waals surface area contributed by atoms with Gasteiger partial charge in [-0.25, -0.2) is 0 Å². The van der Waals surface area contributed by atoms with Crippen molar-refractivity contribution in [2.75, 3.05) is 20.8 Å². The molecule has 0 radical (unpaired) electrons. The summed E-state index contributed by atoms with van der Waals surface area (Å²) in [6, 6.07) is 13.7. The average Bonchev–Trinajstić information content (AvgIpc) is 2.74. The van der Waals surface area contributed by atoms with Crippen LogP contribution in [0.15, 0.2) is 42.5 Å². The van der Waals surface area contributed by atoms with Gasteiger partial charge in [-0.3, -0.25) is 4.79 Å². The van der Waals surface area contributed by atoms with Gasteiger partial charge in [-0.15, -0.1) is 0 Å². The lowest BCUT2D eigenvalue weighted by molar-refractivity contribution is 0.0954. The van der Waals surface area contributed by atoms with Crippen molar-refractivity contribution < 1.29 is 14.3 Å². The lowest BCUT2D eigenvalue weighted by Crippen LogP contribution is -2.26.